The molecular formula is C13H23N5O. The number of carbonyl (C=O) groups excluding carboxylic acids is 1. The molecule has 19 heavy (non-hydrogen) atoms. The van der Waals surface area contributed by atoms with Crippen molar-refractivity contribution < 1.29 is 4.79 Å². The van der Waals surface area contributed by atoms with E-state index in [0.29, 0.717) is 0 Å². The Morgan fingerprint density at radius 2 is 1.84 bits per heavy atom. The van der Waals surface area contributed by atoms with Crippen molar-refractivity contribution in [3.63, 3.8) is 0 Å². The Hall–Kier alpha value is -1.85. The van der Waals surface area contributed by atoms with E-state index in [1.807, 2.05) is 34.7 Å². The van der Waals surface area contributed by atoms with Gasteiger partial charge in [-0.1, -0.05) is 13.8 Å². The Labute approximate surface area is 114 Å². The third-order valence-electron chi connectivity index (χ3n) is 2.81. The van der Waals surface area contributed by atoms with Gasteiger partial charge in [-0.05, 0) is 13.8 Å². The molecule has 1 aromatic rings. The minimum atomic E-state index is -0.329. The molecular weight excluding hydrogens is 242 g/mol. The summed E-state index contributed by atoms with van der Waals surface area (Å²) in [6.45, 7) is 7.93. The van der Waals surface area contributed by atoms with Crippen LogP contribution in [0.25, 0.3) is 0 Å². The molecule has 0 spiro atoms. The molecule has 1 amide bonds. The Balaban J connectivity index is 3.04. The molecule has 0 saturated carbocycles. The highest BCUT2D eigenvalue weighted by Gasteiger charge is 2.14. The number of nitrogens with zero attached hydrogens (tertiary/aromatic N) is 2. The van der Waals surface area contributed by atoms with Gasteiger partial charge in [0.25, 0.3) is 0 Å². The molecule has 0 aliphatic rings. The van der Waals surface area contributed by atoms with Gasteiger partial charge in [0.1, 0.15) is 17.5 Å². The molecule has 6 nitrogen and oxygen atoms in total. The minimum absolute atomic E-state index is 0.0594. The largest absolute Gasteiger partial charge is 0.373 e. The summed E-state index contributed by atoms with van der Waals surface area (Å²) < 4.78 is 0. The summed E-state index contributed by atoms with van der Waals surface area (Å²) in [5, 5.41) is 6.28. The first-order chi connectivity index (χ1) is 8.85. The summed E-state index contributed by atoms with van der Waals surface area (Å²) in [6, 6.07) is -0.0594. The molecule has 0 aliphatic carbocycles. The van der Waals surface area contributed by atoms with Crippen LogP contribution in [0.1, 0.15) is 44.5 Å². The maximum Gasteiger partial charge on any atom is 0.219 e. The lowest BCUT2D eigenvalue weighted by Crippen LogP contribution is -2.25. The summed E-state index contributed by atoms with van der Waals surface area (Å²) in [7, 11) is 1.83. The lowest BCUT2D eigenvalue weighted by atomic mass is 10.2. The fraction of sp³-hybridized carbons (Fsp3) is 0.615. The number of hydrogen-bond donors (Lipinski definition) is 3. The van der Waals surface area contributed by atoms with E-state index >= 15 is 0 Å². The predicted molar refractivity (Wildman–Crippen MR) is 77.3 cm³/mol. The summed E-state index contributed by atoms with van der Waals surface area (Å²) >= 11 is 0. The number of rotatable bonds is 6. The average molecular weight is 265 g/mol. The minimum Gasteiger partial charge on any atom is -0.373 e. The van der Waals surface area contributed by atoms with Crippen LogP contribution in [0.3, 0.4) is 0 Å². The van der Waals surface area contributed by atoms with Crippen molar-refractivity contribution >= 4 is 17.5 Å². The van der Waals surface area contributed by atoms with Crippen LogP contribution in [0, 0.1) is 6.92 Å². The average Bonchev–Trinajstić information content (AvgIpc) is 2.30. The van der Waals surface area contributed by atoms with Crippen LogP contribution >= 0.6 is 0 Å². The van der Waals surface area contributed by atoms with Crippen LogP contribution < -0.4 is 16.4 Å². The van der Waals surface area contributed by atoms with E-state index in [1.165, 1.54) is 0 Å². The van der Waals surface area contributed by atoms with Crippen molar-refractivity contribution in [3.05, 3.63) is 11.4 Å². The van der Waals surface area contributed by atoms with E-state index in [-0.39, 0.29) is 24.3 Å². The molecule has 1 rings (SSSR count). The van der Waals surface area contributed by atoms with Crippen LogP contribution in [0.5, 0.6) is 0 Å². The lowest BCUT2D eigenvalue weighted by molar-refractivity contribution is -0.118. The van der Waals surface area contributed by atoms with Crippen molar-refractivity contribution in [1.29, 1.82) is 0 Å². The standard InChI is InChI=1S/C13H23N5O/c1-7(2)11-17-12(15-5)9(4)13(18-11)16-8(3)6-10(14)19/h7-8H,6H2,1-5H3,(H2,14,19)(H2,15,16,17,18). The smallest absolute Gasteiger partial charge is 0.219 e. The van der Waals surface area contributed by atoms with Crippen LogP contribution in [0.4, 0.5) is 11.6 Å². The fourth-order valence-electron chi connectivity index (χ4n) is 1.76. The van der Waals surface area contributed by atoms with Crippen molar-refractivity contribution in [2.75, 3.05) is 17.7 Å². The van der Waals surface area contributed by atoms with Gasteiger partial charge in [0.2, 0.25) is 5.91 Å². The summed E-state index contributed by atoms with van der Waals surface area (Å²) in [6.07, 6.45) is 0.273. The van der Waals surface area contributed by atoms with Gasteiger partial charge in [-0.3, -0.25) is 4.79 Å². The molecule has 0 aromatic carbocycles. The zero-order chi connectivity index (χ0) is 14.6. The van der Waals surface area contributed by atoms with Gasteiger partial charge < -0.3 is 16.4 Å². The molecule has 0 fully saturated rings. The second kappa shape index (κ2) is 6.36. The van der Waals surface area contributed by atoms with E-state index in [1.54, 1.807) is 0 Å². The predicted octanol–water partition coefficient (Wildman–Crippen LogP) is 1.63. The molecule has 1 atom stereocenters. The van der Waals surface area contributed by atoms with E-state index in [4.69, 9.17) is 5.73 Å². The maximum atomic E-state index is 10.9. The third-order valence-corrected chi connectivity index (χ3v) is 2.81. The highest BCUT2D eigenvalue weighted by Crippen LogP contribution is 2.23. The second-order valence-corrected chi connectivity index (χ2v) is 5.02. The first kappa shape index (κ1) is 15.2. The number of aromatic nitrogens is 2. The lowest BCUT2D eigenvalue weighted by Gasteiger charge is -2.18. The third kappa shape index (κ3) is 4.08. The summed E-state index contributed by atoms with van der Waals surface area (Å²) in [5.74, 6) is 2.22. The molecule has 0 aliphatic heterocycles. The fourth-order valence-corrected chi connectivity index (χ4v) is 1.76. The number of nitrogens with two attached hydrogens (primary N) is 1. The number of anilines is 2. The number of nitrogens with one attached hydrogen (secondary N) is 2. The molecule has 106 valence electrons. The van der Waals surface area contributed by atoms with E-state index in [9.17, 15) is 4.79 Å². The van der Waals surface area contributed by atoms with E-state index in [0.717, 1.165) is 23.0 Å². The first-order valence-corrected chi connectivity index (χ1v) is 6.46. The Bertz CT molecular complexity index is 459. The van der Waals surface area contributed by atoms with Gasteiger partial charge in [-0.15, -0.1) is 0 Å². The van der Waals surface area contributed by atoms with Crippen molar-refractivity contribution in [2.24, 2.45) is 5.73 Å². The molecule has 1 aromatic heterocycles. The zero-order valence-corrected chi connectivity index (χ0v) is 12.2. The van der Waals surface area contributed by atoms with E-state index < -0.39 is 0 Å². The van der Waals surface area contributed by atoms with Crippen molar-refractivity contribution in [1.82, 2.24) is 9.97 Å². The molecule has 0 bridgehead atoms. The summed E-state index contributed by atoms with van der Waals surface area (Å²) in [4.78, 5) is 19.9. The highest BCUT2D eigenvalue weighted by molar-refractivity contribution is 5.75. The molecule has 0 radical (unpaired) electrons. The monoisotopic (exact) mass is 265 g/mol. The topological polar surface area (TPSA) is 92.9 Å². The van der Waals surface area contributed by atoms with Gasteiger partial charge in [-0.25, -0.2) is 9.97 Å². The Morgan fingerprint density at radius 1 is 1.26 bits per heavy atom. The molecule has 0 saturated heterocycles. The zero-order valence-electron chi connectivity index (χ0n) is 12.2. The quantitative estimate of drug-likeness (QED) is 0.727. The Kier molecular flexibility index (Phi) is 5.09. The van der Waals surface area contributed by atoms with Crippen LogP contribution in [0.2, 0.25) is 0 Å². The molecule has 4 N–H and O–H groups in total. The number of amides is 1. The van der Waals surface area contributed by atoms with Gasteiger partial charge in [-0.2, -0.15) is 0 Å². The second-order valence-electron chi connectivity index (χ2n) is 5.02. The maximum absolute atomic E-state index is 10.9. The molecule has 1 heterocycles. The van der Waals surface area contributed by atoms with Crippen LogP contribution in [0.15, 0.2) is 0 Å². The normalized spacial score (nSPS) is 12.3. The number of hydrogen-bond acceptors (Lipinski definition) is 5. The van der Waals surface area contributed by atoms with Crippen LogP contribution in [-0.2, 0) is 4.79 Å². The van der Waals surface area contributed by atoms with E-state index in [2.05, 4.69) is 20.6 Å². The number of primary amides is 1. The summed E-state index contributed by atoms with van der Waals surface area (Å²) in [5.41, 5.74) is 6.13. The Morgan fingerprint density at radius 3 is 2.32 bits per heavy atom. The molecule has 6 heteroatoms. The first-order valence-electron chi connectivity index (χ1n) is 6.46. The highest BCUT2D eigenvalue weighted by atomic mass is 16.1. The molecule has 1 unspecified atom stereocenters. The van der Waals surface area contributed by atoms with Crippen molar-refractivity contribution in [2.45, 2.75) is 46.1 Å². The number of carbonyl (C=O) groups is 1. The van der Waals surface area contributed by atoms with Crippen molar-refractivity contribution in [3.8, 4) is 0 Å². The SMILES string of the molecule is CNc1nc(C(C)C)nc(NC(C)CC(N)=O)c1C. The van der Waals surface area contributed by atoms with Crippen LogP contribution in [-0.4, -0.2) is 29.0 Å². The van der Waals surface area contributed by atoms with Gasteiger partial charge in [0, 0.05) is 31.0 Å². The van der Waals surface area contributed by atoms with Gasteiger partial charge >= 0.3 is 0 Å². The van der Waals surface area contributed by atoms with Gasteiger partial charge in [0.15, 0.2) is 0 Å². The van der Waals surface area contributed by atoms with Gasteiger partial charge in [0.05, 0.1) is 0 Å².